The number of hydrogen-bond donors (Lipinski definition) is 3. The Kier molecular flexibility index (Phi) is 3.45. The van der Waals surface area contributed by atoms with Crippen molar-refractivity contribution in [3.05, 3.63) is 28.3 Å². The van der Waals surface area contributed by atoms with Crippen LogP contribution in [0.3, 0.4) is 0 Å². The molecule has 2 aliphatic rings. The normalized spacial score (nSPS) is 25.4. The second-order valence-corrected chi connectivity index (χ2v) is 5.38. The molecule has 4 N–H and O–H groups in total. The predicted octanol–water partition coefficient (Wildman–Crippen LogP) is 1.86. The molecule has 20 heavy (non-hydrogen) atoms. The highest BCUT2D eigenvalue weighted by atomic mass is 16.6. The first-order valence-corrected chi connectivity index (χ1v) is 6.81. The Morgan fingerprint density at radius 1 is 1.25 bits per heavy atom. The van der Waals surface area contributed by atoms with E-state index in [1.165, 1.54) is 25.0 Å². The molecule has 1 aromatic rings. The van der Waals surface area contributed by atoms with Crippen molar-refractivity contribution >= 4 is 17.1 Å². The van der Waals surface area contributed by atoms with Crippen LogP contribution < -0.4 is 16.6 Å². The zero-order valence-electron chi connectivity index (χ0n) is 11.0. The van der Waals surface area contributed by atoms with Gasteiger partial charge < -0.3 is 15.5 Å². The Morgan fingerprint density at radius 2 is 2.00 bits per heavy atom. The number of ether oxygens (including phenoxy) is 1. The predicted molar refractivity (Wildman–Crippen MR) is 75.4 cm³/mol. The van der Waals surface area contributed by atoms with Gasteiger partial charge in [0.15, 0.2) is 0 Å². The third-order valence-corrected chi connectivity index (χ3v) is 3.87. The van der Waals surface area contributed by atoms with Crippen LogP contribution in [0.15, 0.2) is 18.2 Å². The maximum atomic E-state index is 10.9. The first-order valence-electron chi connectivity index (χ1n) is 6.81. The molecule has 1 saturated carbocycles. The van der Waals surface area contributed by atoms with Crippen LogP contribution in [0.25, 0.3) is 0 Å². The average molecular weight is 278 g/mol. The van der Waals surface area contributed by atoms with Gasteiger partial charge in [-0.15, -0.1) is 0 Å². The fourth-order valence-electron chi connectivity index (χ4n) is 2.75. The zero-order valence-corrected chi connectivity index (χ0v) is 11.0. The Hall–Kier alpha value is -1.86. The first-order chi connectivity index (χ1) is 9.67. The summed E-state index contributed by atoms with van der Waals surface area (Å²) >= 11 is 0. The monoisotopic (exact) mass is 278 g/mol. The highest BCUT2D eigenvalue weighted by molar-refractivity contribution is 5.63. The van der Waals surface area contributed by atoms with Crippen molar-refractivity contribution in [3.8, 4) is 0 Å². The molecule has 108 valence electrons. The molecule has 7 heteroatoms. The highest BCUT2D eigenvalue weighted by Gasteiger charge is 2.40. The number of anilines is 2. The van der Waals surface area contributed by atoms with Crippen LogP contribution in [0.5, 0.6) is 0 Å². The summed E-state index contributed by atoms with van der Waals surface area (Å²) < 4.78 is 5.76. The Balaban J connectivity index is 1.78. The summed E-state index contributed by atoms with van der Waals surface area (Å²) in [4.78, 5) is 10.5. The molecule has 0 amide bonds. The van der Waals surface area contributed by atoms with E-state index < -0.39 is 4.92 Å². The second kappa shape index (κ2) is 5.26. The third-order valence-electron chi connectivity index (χ3n) is 3.87. The molecule has 3 rings (SSSR count). The lowest BCUT2D eigenvalue weighted by Crippen LogP contribution is -2.31. The molecule has 1 aromatic carbocycles. The van der Waals surface area contributed by atoms with E-state index in [1.807, 2.05) is 0 Å². The maximum Gasteiger partial charge on any atom is 0.273 e. The van der Waals surface area contributed by atoms with Crippen molar-refractivity contribution < 1.29 is 9.66 Å². The molecule has 0 radical (unpaired) electrons. The lowest BCUT2D eigenvalue weighted by Gasteiger charge is -2.20. The van der Waals surface area contributed by atoms with Gasteiger partial charge in [-0.1, -0.05) is 0 Å². The molecule has 2 fully saturated rings. The molecular formula is C13H18N4O3. The lowest BCUT2D eigenvalue weighted by molar-refractivity contribution is -0.384. The van der Waals surface area contributed by atoms with E-state index in [2.05, 4.69) is 10.7 Å². The number of hydrogen-bond acceptors (Lipinski definition) is 6. The van der Waals surface area contributed by atoms with Crippen LogP contribution in [0.2, 0.25) is 0 Å². The first kappa shape index (κ1) is 13.1. The van der Waals surface area contributed by atoms with Gasteiger partial charge in [0, 0.05) is 24.4 Å². The van der Waals surface area contributed by atoms with Crippen molar-refractivity contribution in [2.75, 3.05) is 17.3 Å². The Morgan fingerprint density at radius 3 is 2.65 bits per heavy atom. The van der Waals surface area contributed by atoms with Crippen molar-refractivity contribution in [1.29, 1.82) is 0 Å². The molecule has 0 aromatic heterocycles. The van der Waals surface area contributed by atoms with E-state index in [0.29, 0.717) is 17.3 Å². The fraction of sp³-hybridized carbons (Fsp3) is 0.538. The minimum absolute atomic E-state index is 0.0184. The Bertz CT molecular complexity index is 518. The summed E-state index contributed by atoms with van der Waals surface area (Å²) in [6, 6.07) is 4.93. The number of nitro groups is 1. The number of rotatable bonds is 5. The number of nitrogen functional groups attached to an aromatic ring is 1. The van der Waals surface area contributed by atoms with E-state index >= 15 is 0 Å². The van der Waals surface area contributed by atoms with Gasteiger partial charge in [0.2, 0.25) is 0 Å². The van der Waals surface area contributed by atoms with Gasteiger partial charge in [0.25, 0.3) is 5.69 Å². The number of hydrazine groups is 1. The standard InChI is InChI=1S/C13H18N4O3/c14-16-10-5-9(6-11(7-10)17(18)19)15-12-3-4-20-13(12)8-1-2-8/h5-8,12-13,15-16H,1-4,14H2. The van der Waals surface area contributed by atoms with Crippen molar-refractivity contribution in [2.45, 2.75) is 31.4 Å². The quantitative estimate of drug-likeness (QED) is 0.431. The Labute approximate surface area is 116 Å². The SMILES string of the molecule is NNc1cc(NC2CCOC2C2CC2)cc([N+](=O)[O-])c1. The molecule has 0 bridgehead atoms. The molecule has 2 unspecified atom stereocenters. The zero-order chi connectivity index (χ0) is 14.1. The maximum absolute atomic E-state index is 10.9. The van der Waals surface area contributed by atoms with E-state index in [9.17, 15) is 10.1 Å². The van der Waals surface area contributed by atoms with E-state index in [-0.39, 0.29) is 17.8 Å². The fourth-order valence-corrected chi connectivity index (χ4v) is 2.75. The molecule has 0 spiro atoms. The van der Waals surface area contributed by atoms with Gasteiger partial charge in [0.05, 0.1) is 22.8 Å². The number of non-ortho nitro benzene ring substituents is 1. The third kappa shape index (κ3) is 2.68. The van der Waals surface area contributed by atoms with E-state index in [0.717, 1.165) is 13.0 Å². The van der Waals surface area contributed by atoms with Crippen LogP contribution >= 0.6 is 0 Å². The topological polar surface area (TPSA) is 102 Å². The van der Waals surface area contributed by atoms with Gasteiger partial charge in [-0.05, 0) is 31.2 Å². The summed E-state index contributed by atoms with van der Waals surface area (Å²) in [5, 5.41) is 14.3. The highest BCUT2D eigenvalue weighted by Crippen LogP contribution is 2.40. The van der Waals surface area contributed by atoms with Gasteiger partial charge >= 0.3 is 0 Å². The van der Waals surface area contributed by atoms with Crippen LogP contribution in [-0.4, -0.2) is 23.7 Å². The van der Waals surface area contributed by atoms with Gasteiger partial charge in [-0.2, -0.15) is 0 Å². The molecule has 2 atom stereocenters. The number of nitro benzene ring substituents is 1. The van der Waals surface area contributed by atoms with Crippen LogP contribution in [-0.2, 0) is 4.74 Å². The molecule has 7 nitrogen and oxygen atoms in total. The summed E-state index contributed by atoms with van der Waals surface area (Å²) in [5.41, 5.74) is 3.70. The number of benzene rings is 1. The van der Waals surface area contributed by atoms with Crippen molar-refractivity contribution in [1.82, 2.24) is 0 Å². The molecule has 1 heterocycles. The van der Waals surface area contributed by atoms with Crippen molar-refractivity contribution in [3.63, 3.8) is 0 Å². The van der Waals surface area contributed by atoms with Crippen molar-refractivity contribution in [2.24, 2.45) is 11.8 Å². The summed E-state index contributed by atoms with van der Waals surface area (Å²) in [7, 11) is 0. The summed E-state index contributed by atoms with van der Waals surface area (Å²) in [5.74, 6) is 6.00. The number of nitrogens with zero attached hydrogens (tertiary/aromatic N) is 1. The van der Waals surface area contributed by atoms with Gasteiger partial charge in [0.1, 0.15) is 0 Å². The van der Waals surface area contributed by atoms with Crippen LogP contribution in [0.1, 0.15) is 19.3 Å². The summed E-state index contributed by atoms with van der Waals surface area (Å²) in [6.07, 6.45) is 3.58. The van der Waals surface area contributed by atoms with E-state index in [1.54, 1.807) is 6.07 Å². The molecule has 1 saturated heterocycles. The minimum Gasteiger partial charge on any atom is -0.379 e. The minimum atomic E-state index is -0.421. The second-order valence-electron chi connectivity index (χ2n) is 5.38. The molecular weight excluding hydrogens is 260 g/mol. The average Bonchev–Trinajstić information content (AvgIpc) is 3.19. The lowest BCUT2D eigenvalue weighted by atomic mass is 10.1. The van der Waals surface area contributed by atoms with Crippen LogP contribution in [0, 0.1) is 16.0 Å². The molecule has 1 aliphatic carbocycles. The summed E-state index contributed by atoms with van der Waals surface area (Å²) in [6.45, 7) is 0.746. The number of nitrogens with one attached hydrogen (secondary N) is 2. The van der Waals surface area contributed by atoms with Crippen LogP contribution in [0.4, 0.5) is 17.1 Å². The van der Waals surface area contributed by atoms with Gasteiger partial charge in [-0.3, -0.25) is 16.0 Å². The van der Waals surface area contributed by atoms with E-state index in [4.69, 9.17) is 10.6 Å². The number of nitrogens with two attached hydrogens (primary N) is 1. The molecule has 1 aliphatic heterocycles. The smallest absolute Gasteiger partial charge is 0.273 e. The largest absolute Gasteiger partial charge is 0.379 e. The van der Waals surface area contributed by atoms with Gasteiger partial charge in [-0.25, -0.2) is 0 Å².